The number of halogens is 1. The molecule has 0 radical (unpaired) electrons. The summed E-state index contributed by atoms with van der Waals surface area (Å²) < 4.78 is 0. The molecule has 0 atom stereocenters. The van der Waals surface area contributed by atoms with Crippen molar-refractivity contribution in [3.05, 3.63) is 16.8 Å². The average Bonchev–Trinajstić information content (AvgIpc) is 2.70. The first-order chi connectivity index (χ1) is 9.13. The van der Waals surface area contributed by atoms with Crippen LogP contribution in [-0.4, -0.2) is 34.7 Å². The fraction of sp³-hybridized carbons (Fsp3) is 0.417. The second-order valence-electron chi connectivity index (χ2n) is 4.07. The van der Waals surface area contributed by atoms with Crippen LogP contribution in [0.1, 0.15) is 10.4 Å². The molecule has 20 heavy (non-hydrogen) atoms. The first kappa shape index (κ1) is 17.2. The Morgan fingerprint density at radius 2 is 2.20 bits per heavy atom. The highest BCUT2D eigenvalue weighted by Gasteiger charge is 2.13. The minimum Gasteiger partial charge on any atom is -0.354 e. The number of nitrogens with one attached hydrogen (secondary N) is 1. The molecule has 0 bridgehead atoms. The predicted molar refractivity (Wildman–Crippen MR) is 86.9 cm³/mol. The van der Waals surface area contributed by atoms with Gasteiger partial charge in [0.15, 0.2) is 0 Å². The summed E-state index contributed by atoms with van der Waals surface area (Å²) in [6.45, 7) is 5.10. The van der Waals surface area contributed by atoms with E-state index in [1.54, 1.807) is 17.7 Å². The lowest BCUT2D eigenvalue weighted by molar-refractivity contribution is -0.118. The number of hydrogen-bond acceptors (Lipinski definition) is 6. The van der Waals surface area contributed by atoms with Crippen LogP contribution < -0.4 is 11.1 Å². The Balaban J connectivity index is 0.00000200. The van der Waals surface area contributed by atoms with Crippen LogP contribution in [0.3, 0.4) is 0 Å². The largest absolute Gasteiger partial charge is 0.354 e. The van der Waals surface area contributed by atoms with Gasteiger partial charge in [0.25, 0.3) is 0 Å². The highest BCUT2D eigenvalue weighted by Crippen LogP contribution is 2.34. The SMILES string of the molecule is Cc1sc2ncnc(SCC(=O)NCCN)c2c1C.Cl. The van der Waals surface area contributed by atoms with Crippen LogP contribution in [0.2, 0.25) is 0 Å². The van der Waals surface area contributed by atoms with Crippen LogP contribution in [-0.2, 0) is 4.79 Å². The number of hydrogen-bond donors (Lipinski definition) is 2. The van der Waals surface area contributed by atoms with Gasteiger partial charge in [-0.3, -0.25) is 4.79 Å². The molecule has 0 fully saturated rings. The van der Waals surface area contributed by atoms with Crippen molar-refractivity contribution in [2.45, 2.75) is 18.9 Å². The second-order valence-corrected chi connectivity index (χ2v) is 6.24. The molecule has 2 heterocycles. The zero-order valence-corrected chi connectivity index (χ0v) is 13.8. The molecule has 1 amide bonds. The van der Waals surface area contributed by atoms with Crippen molar-refractivity contribution < 1.29 is 4.79 Å². The molecule has 0 unspecified atom stereocenters. The Kier molecular flexibility index (Phi) is 6.67. The van der Waals surface area contributed by atoms with E-state index in [1.807, 2.05) is 0 Å². The number of thiophene rings is 1. The van der Waals surface area contributed by atoms with Crippen molar-refractivity contribution >= 4 is 51.6 Å². The van der Waals surface area contributed by atoms with Gasteiger partial charge in [0, 0.05) is 23.4 Å². The molecule has 2 aromatic rings. The molecule has 0 aliphatic rings. The molecule has 110 valence electrons. The number of rotatable bonds is 5. The molecule has 0 spiro atoms. The normalized spacial score (nSPS) is 10.3. The van der Waals surface area contributed by atoms with Crippen LogP contribution in [0.15, 0.2) is 11.4 Å². The number of nitrogens with two attached hydrogens (primary N) is 1. The third-order valence-corrected chi connectivity index (χ3v) is 4.84. The summed E-state index contributed by atoms with van der Waals surface area (Å²) in [6, 6.07) is 0. The molecule has 0 saturated heterocycles. The van der Waals surface area contributed by atoms with Crippen molar-refractivity contribution in [1.29, 1.82) is 0 Å². The van der Waals surface area contributed by atoms with Crippen LogP contribution in [0.5, 0.6) is 0 Å². The summed E-state index contributed by atoms with van der Waals surface area (Å²) in [5.74, 6) is 0.326. The number of amides is 1. The fourth-order valence-corrected chi connectivity index (χ4v) is 3.60. The number of carbonyl (C=O) groups is 1. The molecule has 0 aromatic carbocycles. The molecule has 2 rings (SSSR count). The van der Waals surface area contributed by atoms with Gasteiger partial charge >= 0.3 is 0 Å². The molecule has 8 heteroatoms. The maximum absolute atomic E-state index is 11.6. The molecule has 0 saturated carbocycles. The summed E-state index contributed by atoms with van der Waals surface area (Å²) in [5, 5.41) is 4.69. The average molecular weight is 333 g/mol. The molecular weight excluding hydrogens is 316 g/mol. The topological polar surface area (TPSA) is 80.9 Å². The van der Waals surface area contributed by atoms with Gasteiger partial charge in [-0.15, -0.1) is 23.7 Å². The van der Waals surface area contributed by atoms with Crippen molar-refractivity contribution in [2.75, 3.05) is 18.8 Å². The quantitative estimate of drug-likeness (QED) is 0.645. The van der Waals surface area contributed by atoms with E-state index >= 15 is 0 Å². The number of nitrogens with zero attached hydrogens (tertiary/aromatic N) is 2. The predicted octanol–water partition coefficient (Wildman–Crippen LogP) is 1.90. The first-order valence-electron chi connectivity index (χ1n) is 5.93. The van der Waals surface area contributed by atoms with Gasteiger partial charge in [0.2, 0.25) is 5.91 Å². The third-order valence-electron chi connectivity index (χ3n) is 2.74. The van der Waals surface area contributed by atoms with Crippen molar-refractivity contribution in [1.82, 2.24) is 15.3 Å². The van der Waals surface area contributed by atoms with E-state index in [-0.39, 0.29) is 18.3 Å². The van der Waals surface area contributed by atoms with Crippen LogP contribution in [0, 0.1) is 13.8 Å². The maximum atomic E-state index is 11.6. The van der Waals surface area contributed by atoms with Gasteiger partial charge in [0.1, 0.15) is 16.2 Å². The minimum atomic E-state index is -0.0215. The number of aryl methyl sites for hydroxylation is 2. The highest BCUT2D eigenvalue weighted by atomic mass is 35.5. The maximum Gasteiger partial charge on any atom is 0.230 e. The van der Waals surface area contributed by atoms with Crippen molar-refractivity contribution in [2.24, 2.45) is 5.73 Å². The molecule has 5 nitrogen and oxygen atoms in total. The number of aromatic nitrogens is 2. The number of thioether (sulfide) groups is 1. The van der Waals surface area contributed by atoms with E-state index in [9.17, 15) is 4.79 Å². The van der Waals surface area contributed by atoms with Crippen LogP contribution >= 0.6 is 35.5 Å². The Hall–Kier alpha value is -0.890. The van der Waals surface area contributed by atoms with E-state index in [4.69, 9.17) is 5.73 Å². The molecule has 2 aromatic heterocycles. The zero-order valence-electron chi connectivity index (χ0n) is 11.3. The Bertz CT molecular complexity index is 602. The van der Waals surface area contributed by atoms with E-state index in [0.29, 0.717) is 18.8 Å². The summed E-state index contributed by atoms with van der Waals surface area (Å²) >= 11 is 3.10. The smallest absolute Gasteiger partial charge is 0.230 e. The van der Waals surface area contributed by atoms with E-state index in [1.165, 1.54) is 22.2 Å². The standard InChI is InChI=1S/C12H16N4OS2.ClH/c1-7-8(2)19-12-10(7)11(15-6-16-12)18-5-9(17)14-4-3-13;/h6H,3-5,13H2,1-2H3,(H,14,17);1H. The summed E-state index contributed by atoms with van der Waals surface area (Å²) in [5.41, 5.74) is 6.54. The van der Waals surface area contributed by atoms with E-state index < -0.39 is 0 Å². The fourth-order valence-electron chi connectivity index (χ4n) is 1.66. The first-order valence-corrected chi connectivity index (χ1v) is 7.74. The van der Waals surface area contributed by atoms with E-state index in [2.05, 4.69) is 29.1 Å². The van der Waals surface area contributed by atoms with Gasteiger partial charge < -0.3 is 11.1 Å². The zero-order chi connectivity index (χ0) is 13.8. The van der Waals surface area contributed by atoms with Gasteiger partial charge in [-0.1, -0.05) is 11.8 Å². The summed E-state index contributed by atoms with van der Waals surface area (Å²) in [4.78, 5) is 22.4. The molecule has 3 N–H and O–H groups in total. The highest BCUT2D eigenvalue weighted by molar-refractivity contribution is 8.00. The summed E-state index contributed by atoms with van der Waals surface area (Å²) in [7, 11) is 0. The Morgan fingerprint density at radius 1 is 1.45 bits per heavy atom. The van der Waals surface area contributed by atoms with Gasteiger partial charge in [0.05, 0.1) is 5.75 Å². The summed E-state index contributed by atoms with van der Waals surface area (Å²) in [6.07, 6.45) is 1.55. The Labute approximate surface area is 132 Å². The van der Waals surface area contributed by atoms with Crippen molar-refractivity contribution in [3.8, 4) is 0 Å². The van der Waals surface area contributed by atoms with E-state index in [0.717, 1.165) is 15.2 Å². The third kappa shape index (κ3) is 3.82. The lowest BCUT2D eigenvalue weighted by Gasteiger charge is -2.04. The lowest BCUT2D eigenvalue weighted by Crippen LogP contribution is -2.30. The second kappa shape index (κ2) is 7.78. The minimum absolute atomic E-state index is 0. The van der Waals surface area contributed by atoms with Gasteiger partial charge in [-0.2, -0.15) is 0 Å². The van der Waals surface area contributed by atoms with Crippen molar-refractivity contribution in [3.63, 3.8) is 0 Å². The van der Waals surface area contributed by atoms with Gasteiger partial charge in [-0.25, -0.2) is 9.97 Å². The molecular formula is C12H17ClN4OS2. The Morgan fingerprint density at radius 3 is 2.90 bits per heavy atom. The van der Waals surface area contributed by atoms with Gasteiger partial charge in [-0.05, 0) is 19.4 Å². The molecule has 0 aliphatic heterocycles. The number of carbonyl (C=O) groups excluding carboxylic acids is 1. The monoisotopic (exact) mass is 332 g/mol. The van der Waals surface area contributed by atoms with Crippen LogP contribution in [0.4, 0.5) is 0 Å². The lowest BCUT2D eigenvalue weighted by atomic mass is 10.2. The molecule has 0 aliphatic carbocycles. The van der Waals surface area contributed by atoms with Crippen LogP contribution in [0.25, 0.3) is 10.2 Å². The number of fused-ring (bicyclic) bond motifs is 1.